The van der Waals surface area contributed by atoms with Crippen molar-refractivity contribution in [1.29, 1.82) is 0 Å². The van der Waals surface area contributed by atoms with Gasteiger partial charge in [0.2, 0.25) is 10.0 Å². The van der Waals surface area contributed by atoms with Crippen molar-refractivity contribution < 1.29 is 17.9 Å². The lowest BCUT2D eigenvalue weighted by Gasteiger charge is -2.29. The molecule has 4 rings (SSSR count). The highest BCUT2D eigenvalue weighted by Gasteiger charge is 2.25. The predicted octanol–water partition coefficient (Wildman–Crippen LogP) is 1.98. The molecule has 1 saturated heterocycles. The van der Waals surface area contributed by atoms with Crippen LogP contribution in [0.3, 0.4) is 0 Å². The van der Waals surface area contributed by atoms with Crippen LogP contribution in [0.5, 0.6) is 0 Å². The van der Waals surface area contributed by atoms with E-state index in [0.29, 0.717) is 31.8 Å². The molecule has 2 aliphatic rings. The highest BCUT2D eigenvalue weighted by molar-refractivity contribution is 7.89. The fourth-order valence-corrected chi connectivity index (χ4v) is 4.88. The maximum atomic E-state index is 12.7. The highest BCUT2D eigenvalue weighted by atomic mass is 32.2. The van der Waals surface area contributed by atoms with Crippen molar-refractivity contribution in [3.8, 4) is 0 Å². The lowest BCUT2D eigenvalue weighted by Crippen LogP contribution is -2.36. The largest absolute Gasteiger partial charge is 0.377 e. The zero-order chi connectivity index (χ0) is 19.7. The van der Waals surface area contributed by atoms with E-state index in [0.717, 1.165) is 29.5 Å². The normalized spacial score (nSPS) is 19.6. The first-order valence-corrected chi connectivity index (χ1v) is 11.1. The number of rotatable bonds is 5. The predicted molar refractivity (Wildman–Crippen MR) is 105 cm³/mol. The number of carbonyl (C=O) groups is 1. The first-order valence-electron chi connectivity index (χ1n) is 9.60. The van der Waals surface area contributed by atoms with Crippen molar-refractivity contribution in [3.63, 3.8) is 0 Å². The minimum absolute atomic E-state index is 0.0511. The van der Waals surface area contributed by atoms with E-state index in [4.69, 9.17) is 4.74 Å². The number of ether oxygens (including phenoxy) is 1. The van der Waals surface area contributed by atoms with E-state index >= 15 is 0 Å². The van der Waals surface area contributed by atoms with E-state index in [9.17, 15) is 13.2 Å². The molecule has 3 heterocycles. The number of hydrogen-bond acceptors (Lipinski definition) is 4. The lowest BCUT2D eigenvalue weighted by molar-refractivity contribution is 0.0729. The second kappa shape index (κ2) is 7.69. The van der Waals surface area contributed by atoms with Gasteiger partial charge >= 0.3 is 0 Å². The van der Waals surface area contributed by atoms with Crippen LogP contribution < -0.4 is 4.72 Å². The smallest absolute Gasteiger partial charge is 0.270 e. The van der Waals surface area contributed by atoms with Crippen molar-refractivity contribution in [2.45, 2.75) is 43.7 Å². The van der Waals surface area contributed by atoms with Crippen LogP contribution in [0.1, 0.15) is 40.0 Å². The van der Waals surface area contributed by atoms with E-state index in [1.807, 2.05) is 19.1 Å². The van der Waals surface area contributed by atoms with Crippen LogP contribution in [0.15, 0.2) is 35.4 Å². The van der Waals surface area contributed by atoms with Crippen LogP contribution in [0.4, 0.5) is 0 Å². The molecule has 7 nitrogen and oxygen atoms in total. The first kappa shape index (κ1) is 19.2. The lowest BCUT2D eigenvalue weighted by atomic mass is 9.99. The van der Waals surface area contributed by atoms with Crippen molar-refractivity contribution in [2.24, 2.45) is 0 Å². The van der Waals surface area contributed by atoms with Gasteiger partial charge in [-0.1, -0.05) is 6.07 Å². The van der Waals surface area contributed by atoms with Crippen LogP contribution in [0.25, 0.3) is 0 Å². The van der Waals surface area contributed by atoms with Crippen molar-refractivity contribution in [3.05, 3.63) is 52.8 Å². The molecule has 1 aromatic heterocycles. The number of aromatic amines is 1. The number of fused-ring (bicyclic) bond motifs is 1. The summed E-state index contributed by atoms with van der Waals surface area (Å²) in [6.07, 6.45) is 4.31. The molecular formula is C20H25N3O4S. The Kier molecular flexibility index (Phi) is 5.27. The number of aryl methyl sites for hydroxylation is 1. The molecular weight excluding hydrogens is 378 g/mol. The molecule has 8 heteroatoms. The van der Waals surface area contributed by atoms with E-state index in [1.165, 1.54) is 0 Å². The van der Waals surface area contributed by atoms with Gasteiger partial charge in [-0.3, -0.25) is 4.79 Å². The second-order valence-electron chi connectivity index (χ2n) is 7.48. The van der Waals surface area contributed by atoms with Gasteiger partial charge in [0.1, 0.15) is 5.69 Å². The van der Waals surface area contributed by atoms with Gasteiger partial charge in [-0.2, -0.15) is 0 Å². The number of nitrogens with zero attached hydrogens (tertiary/aromatic N) is 1. The molecule has 0 radical (unpaired) electrons. The Morgan fingerprint density at radius 2 is 2.18 bits per heavy atom. The van der Waals surface area contributed by atoms with Gasteiger partial charge in [-0.05, 0) is 61.1 Å². The molecule has 0 bridgehead atoms. The highest BCUT2D eigenvalue weighted by Crippen LogP contribution is 2.24. The topological polar surface area (TPSA) is 91.5 Å². The third-order valence-corrected chi connectivity index (χ3v) is 6.79. The molecule has 1 aromatic carbocycles. The summed E-state index contributed by atoms with van der Waals surface area (Å²) in [6, 6.07) is 7.01. The Morgan fingerprint density at radius 3 is 2.89 bits per heavy atom. The molecule has 150 valence electrons. The van der Waals surface area contributed by atoms with Gasteiger partial charge in [-0.25, -0.2) is 13.1 Å². The Morgan fingerprint density at radius 1 is 1.32 bits per heavy atom. The number of sulfonamides is 1. The monoisotopic (exact) mass is 403 g/mol. The van der Waals surface area contributed by atoms with Gasteiger partial charge in [0.15, 0.2) is 0 Å². The van der Waals surface area contributed by atoms with Crippen LogP contribution in [-0.4, -0.2) is 50.0 Å². The van der Waals surface area contributed by atoms with Gasteiger partial charge < -0.3 is 14.6 Å². The average molecular weight is 404 g/mol. The molecule has 1 atom stereocenters. The van der Waals surface area contributed by atoms with Crippen LogP contribution in [-0.2, 0) is 27.7 Å². The molecule has 1 amide bonds. The molecule has 0 spiro atoms. The number of hydrogen-bond donors (Lipinski definition) is 2. The summed E-state index contributed by atoms with van der Waals surface area (Å²) in [5, 5.41) is 0. The van der Waals surface area contributed by atoms with Crippen molar-refractivity contribution in [2.75, 3.05) is 19.7 Å². The van der Waals surface area contributed by atoms with E-state index < -0.39 is 10.0 Å². The summed E-state index contributed by atoms with van der Waals surface area (Å²) in [7, 11) is -3.61. The molecule has 2 aliphatic heterocycles. The number of aromatic nitrogens is 1. The number of benzene rings is 1. The number of nitrogens with one attached hydrogen (secondary N) is 2. The Hall–Kier alpha value is -2.16. The van der Waals surface area contributed by atoms with Gasteiger partial charge in [0, 0.05) is 32.4 Å². The Bertz CT molecular complexity index is 977. The van der Waals surface area contributed by atoms with E-state index in [1.54, 1.807) is 23.2 Å². The maximum absolute atomic E-state index is 12.7. The summed E-state index contributed by atoms with van der Waals surface area (Å²) in [5.74, 6) is -0.0662. The van der Waals surface area contributed by atoms with Gasteiger partial charge in [0.25, 0.3) is 5.91 Å². The maximum Gasteiger partial charge on any atom is 0.270 e. The van der Waals surface area contributed by atoms with Crippen LogP contribution >= 0.6 is 0 Å². The molecule has 0 aliphatic carbocycles. The summed E-state index contributed by atoms with van der Waals surface area (Å²) < 4.78 is 33.5. The number of amides is 1. The standard InChI is InChI=1S/C20H25N3O4S/c1-14-9-19(21-11-14)20(24)23-7-6-15-4-5-18(10-16(15)13-23)28(25,26)22-12-17-3-2-8-27-17/h4-5,9-11,17,21-22H,2-3,6-8,12-13H2,1H3/t17-/m1/s1. The molecule has 0 unspecified atom stereocenters. The molecule has 28 heavy (non-hydrogen) atoms. The minimum atomic E-state index is -3.61. The number of H-pyrrole nitrogens is 1. The Balaban J connectivity index is 1.49. The second-order valence-corrected chi connectivity index (χ2v) is 9.25. The van der Waals surface area contributed by atoms with Crippen LogP contribution in [0.2, 0.25) is 0 Å². The quantitative estimate of drug-likeness (QED) is 0.799. The SMILES string of the molecule is Cc1c[nH]c(C(=O)N2CCc3ccc(S(=O)(=O)NC[C@H]4CCCO4)cc3C2)c1. The molecule has 0 saturated carbocycles. The van der Waals surface area contributed by atoms with E-state index in [-0.39, 0.29) is 23.5 Å². The Labute approximate surface area is 165 Å². The van der Waals surface area contributed by atoms with Gasteiger partial charge in [0.05, 0.1) is 11.0 Å². The zero-order valence-electron chi connectivity index (χ0n) is 15.9. The fourth-order valence-electron chi connectivity index (χ4n) is 3.76. The summed E-state index contributed by atoms with van der Waals surface area (Å²) in [5.41, 5.74) is 3.53. The van der Waals surface area contributed by atoms with Crippen molar-refractivity contribution >= 4 is 15.9 Å². The zero-order valence-corrected chi connectivity index (χ0v) is 16.7. The molecule has 2 N–H and O–H groups in total. The summed E-state index contributed by atoms with van der Waals surface area (Å²) >= 11 is 0. The van der Waals surface area contributed by atoms with Crippen molar-refractivity contribution in [1.82, 2.24) is 14.6 Å². The van der Waals surface area contributed by atoms with Gasteiger partial charge in [-0.15, -0.1) is 0 Å². The first-order chi connectivity index (χ1) is 13.4. The van der Waals surface area contributed by atoms with E-state index in [2.05, 4.69) is 9.71 Å². The summed E-state index contributed by atoms with van der Waals surface area (Å²) in [4.78, 5) is 17.7. The third kappa shape index (κ3) is 3.99. The van der Waals surface area contributed by atoms with Crippen LogP contribution in [0, 0.1) is 6.92 Å². The average Bonchev–Trinajstić information content (AvgIpc) is 3.36. The number of carbonyl (C=O) groups excluding carboxylic acids is 1. The molecule has 1 fully saturated rings. The summed E-state index contributed by atoms with van der Waals surface area (Å²) in [6.45, 7) is 3.93. The molecule has 2 aromatic rings. The fraction of sp³-hybridized carbons (Fsp3) is 0.450. The third-order valence-electron chi connectivity index (χ3n) is 5.37. The minimum Gasteiger partial charge on any atom is -0.377 e.